The van der Waals surface area contributed by atoms with Gasteiger partial charge in [0.1, 0.15) is 0 Å². The van der Waals surface area contributed by atoms with Crippen LogP contribution in [0.1, 0.15) is 21.5 Å². The Labute approximate surface area is 119 Å². The topological polar surface area (TPSA) is 55.1 Å². The second-order valence-electron chi connectivity index (χ2n) is 4.50. The number of benzene rings is 2. The number of nitrogens with one attached hydrogen (secondary N) is 1. The summed E-state index contributed by atoms with van der Waals surface area (Å²) in [7, 11) is 0. The molecule has 2 rings (SSSR count). The van der Waals surface area contributed by atoms with Gasteiger partial charge in [0.2, 0.25) is 5.91 Å². The molecule has 0 unspecified atom stereocenters. The van der Waals surface area contributed by atoms with E-state index < -0.39 is 17.6 Å². The Morgan fingerprint density at radius 3 is 2.48 bits per heavy atom. The Morgan fingerprint density at radius 1 is 1.10 bits per heavy atom. The first-order valence-corrected chi connectivity index (χ1v) is 6.16. The maximum absolute atomic E-state index is 12.6. The third-order valence-corrected chi connectivity index (χ3v) is 2.90. The second-order valence-corrected chi connectivity index (χ2v) is 4.50. The van der Waals surface area contributed by atoms with Gasteiger partial charge in [0.25, 0.3) is 0 Å². The second kappa shape index (κ2) is 5.87. The lowest BCUT2D eigenvalue weighted by Gasteiger charge is -2.10. The number of hydrogen-bond acceptors (Lipinski definition) is 2. The highest BCUT2D eigenvalue weighted by atomic mass is 19.4. The zero-order chi connectivity index (χ0) is 15.5. The van der Waals surface area contributed by atoms with Crippen molar-refractivity contribution >= 4 is 11.6 Å². The van der Waals surface area contributed by atoms with Gasteiger partial charge >= 0.3 is 6.18 Å². The Bertz CT molecular complexity index is 653. The lowest BCUT2D eigenvalue weighted by atomic mass is 10.1. The van der Waals surface area contributed by atoms with Crippen LogP contribution in [-0.2, 0) is 12.7 Å². The van der Waals surface area contributed by atoms with Gasteiger partial charge in [-0.3, -0.25) is 4.79 Å². The predicted octanol–water partition coefficient (Wildman–Crippen LogP) is 3.42. The molecule has 0 fully saturated rings. The normalized spacial score (nSPS) is 11.2. The van der Waals surface area contributed by atoms with Gasteiger partial charge in [-0.1, -0.05) is 18.2 Å². The highest BCUT2D eigenvalue weighted by Gasteiger charge is 2.30. The summed E-state index contributed by atoms with van der Waals surface area (Å²) in [5, 5.41) is 2.96. The van der Waals surface area contributed by atoms with Crippen LogP contribution in [0.3, 0.4) is 0 Å². The summed E-state index contributed by atoms with van der Waals surface area (Å²) in [6, 6.07) is 11.5. The molecular formula is C15H13F3N2O. The monoisotopic (exact) mass is 294 g/mol. The lowest BCUT2D eigenvalue weighted by Crippen LogP contribution is -2.11. The summed E-state index contributed by atoms with van der Waals surface area (Å²) in [6.45, 7) is 0.214. The molecule has 21 heavy (non-hydrogen) atoms. The van der Waals surface area contributed by atoms with E-state index in [2.05, 4.69) is 5.32 Å². The van der Waals surface area contributed by atoms with Crippen molar-refractivity contribution in [1.29, 1.82) is 0 Å². The van der Waals surface area contributed by atoms with Crippen molar-refractivity contribution in [3.63, 3.8) is 0 Å². The highest BCUT2D eigenvalue weighted by molar-refractivity contribution is 5.93. The molecule has 6 heteroatoms. The van der Waals surface area contributed by atoms with E-state index in [4.69, 9.17) is 5.73 Å². The number of carbonyl (C=O) groups excluding carboxylic acids is 1. The van der Waals surface area contributed by atoms with E-state index in [9.17, 15) is 18.0 Å². The molecule has 0 atom stereocenters. The molecule has 0 heterocycles. The molecule has 2 aromatic carbocycles. The summed E-state index contributed by atoms with van der Waals surface area (Å²) >= 11 is 0. The summed E-state index contributed by atoms with van der Waals surface area (Å²) in [4.78, 5) is 11.1. The van der Waals surface area contributed by atoms with Crippen LogP contribution in [0.4, 0.5) is 18.9 Å². The van der Waals surface area contributed by atoms with Crippen LogP contribution < -0.4 is 11.1 Å². The molecule has 1 amide bonds. The van der Waals surface area contributed by atoms with Crippen LogP contribution in [0.25, 0.3) is 0 Å². The number of nitrogens with two attached hydrogens (primary N) is 1. The van der Waals surface area contributed by atoms with Gasteiger partial charge in [-0.2, -0.15) is 13.2 Å². The van der Waals surface area contributed by atoms with Crippen LogP contribution in [0, 0.1) is 0 Å². The van der Waals surface area contributed by atoms with Crippen LogP contribution in [-0.4, -0.2) is 5.91 Å². The zero-order valence-corrected chi connectivity index (χ0v) is 10.9. The summed E-state index contributed by atoms with van der Waals surface area (Å²) < 4.78 is 37.8. The van der Waals surface area contributed by atoms with Crippen molar-refractivity contribution in [2.24, 2.45) is 5.73 Å². The van der Waals surface area contributed by atoms with Crippen LogP contribution >= 0.6 is 0 Å². The van der Waals surface area contributed by atoms with Gasteiger partial charge in [0, 0.05) is 17.8 Å². The number of hydrogen-bond donors (Lipinski definition) is 2. The van der Waals surface area contributed by atoms with Crippen LogP contribution in [0.5, 0.6) is 0 Å². The minimum Gasteiger partial charge on any atom is -0.381 e. The van der Waals surface area contributed by atoms with Crippen LogP contribution in [0.2, 0.25) is 0 Å². The lowest BCUT2D eigenvalue weighted by molar-refractivity contribution is -0.137. The fourth-order valence-corrected chi connectivity index (χ4v) is 1.84. The maximum atomic E-state index is 12.6. The summed E-state index contributed by atoms with van der Waals surface area (Å²) in [5.74, 6) is -0.558. The molecule has 0 aliphatic carbocycles. The highest BCUT2D eigenvalue weighted by Crippen LogP contribution is 2.29. The fourth-order valence-electron chi connectivity index (χ4n) is 1.84. The number of amides is 1. The number of anilines is 1. The molecule has 0 aromatic heterocycles. The molecule has 0 saturated carbocycles. The van der Waals surface area contributed by atoms with E-state index in [1.54, 1.807) is 30.3 Å². The summed E-state index contributed by atoms with van der Waals surface area (Å²) in [6.07, 6.45) is -4.36. The van der Waals surface area contributed by atoms with E-state index in [-0.39, 0.29) is 6.54 Å². The third kappa shape index (κ3) is 3.98. The Morgan fingerprint density at radius 2 is 1.81 bits per heavy atom. The first-order valence-electron chi connectivity index (χ1n) is 6.16. The quantitative estimate of drug-likeness (QED) is 0.908. The maximum Gasteiger partial charge on any atom is 0.416 e. The van der Waals surface area contributed by atoms with Gasteiger partial charge in [-0.05, 0) is 35.9 Å². The van der Waals surface area contributed by atoms with E-state index in [1.165, 1.54) is 6.07 Å². The molecule has 2 aromatic rings. The first kappa shape index (κ1) is 14.9. The van der Waals surface area contributed by atoms with Crippen LogP contribution in [0.15, 0.2) is 48.5 Å². The minimum atomic E-state index is -4.36. The molecule has 0 radical (unpaired) electrons. The Kier molecular flexibility index (Phi) is 4.16. The van der Waals surface area contributed by atoms with Gasteiger partial charge < -0.3 is 11.1 Å². The summed E-state index contributed by atoms with van der Waals surface area (Å²) in [5.41, 5.74) is 5.92. The van der Waals surface area contributed by atoms with E-state index >= 15 is 0 Å². The standard InChI is InChI=1S/C15H13F3N2O/c16-15(17,18)12-5-1-3-10(7-12)9-20-13-6-2-4-11(8-13)14(19)21/h1-8,20H,9H2,(H2,19,21). The number of primary amides is 1. The average molecular weight is 294 g/mol. The number of alkyl halides is 3. The van der Waals surface area contributed by atoms with Crippen molar-refractivity contribution in [3.8, 4) is 0 Å². The SMILES string of the molecule is NC(=O)c1cccc(NCc2cccc(C(F)(F)F)c2)c1. The first-order chi connectivity index (χ1) is 9.86. The van der Waals surface area contributed by atoms with Crippen molar-refractivity contribution in [1.82, 2.24) is 0 Å². The Balaban J connectivity index is 2.10. The molecular weight excluding hydrogens is 281 g/mol. The van der Waals surface area contributed by atoms with Crippen molar-refractivity contribution in [2.45, 2.75) is 12.7 Å². The van der Waals surface area contributed by atoms with Gasteiger partial charge in [0.15, 0.2) is 0 Å². The van der Waals surface area contributed by atoms with E-state index in [0.29, 0.717) is 16.8 Å². The average Bonchev–Trinajstić information content (AvgIpc) is 2.45. The number of carbonyl (C=O) groups is 1. The Hall–Kier alpha value is -2.50. The van der Waals surface area contributed by atoms with Gasteiger partial charge in [-0.25, -0.2) is 0 Å². The molecule has 0 saturated heterocycles. The zero-order valence-electron chi connectivity index (χ0n) is 10.9. The van der Waals surface area contributed by atoms with Crippen molar-refractivity contribution in [3.05, 3.63) is 65.2 Å². The third-order valence-electron chi connectivity index (χ3n) is 2.90. The number of halogens is 3. The number of rotatable bonds is 4. The predicted molar refractivity (Wildman–Crippen MR) is 73.7 cm³/mol. The van der Waals surface area contributed by atoms with Gasteiger partial charge in [-0.15, -0.1) is 0 Å². The van der Waals surface area contributed by atoms with E-state index in [1.807, 2.05) is 0 Å². The molecule has 3 N–H and O–H groups in total. The van der Waals surface area contributed by atoms with Crippen molar-refractivity contribution in [2.75, 3.05) is 5.32 Å². The molecule has 3 nitrogen and oxygen atoms in total. The molecule has 0 bridgehead atoms. The largest absolute Gasteiger partial charge is 0.416 e. The van der Waals surface area contributed by atoms with E-state index in [0.717, 1.165) is 12.1 Å². The molecule has 110 valence electrons. The van der Waals surface area contributed by atoms with Gasteiger partial charge in [0.05, 0.1) is 5.56 Å². The van der Waals surface area contributed by atoms with Crippen molar-refractivity contribution < 1.29 is 18.0 Å². The minimum absolute atomic E-state index is 0.214. The molecule has 0 aliphatic heterocycles. The molecule has 0 aliphatic rings. The smallest absolute Gasteiger partial charge is 0.381 e. The fraction of sp³-hybridized carbons (Fsp3) is 0.133. The molecule has 0 spiro atoms.